The van der Waals surface area contributed by atoms with Crippen molar-refractivity contribution in [3.05, 3.63) is 24.3 Å². The maximum atomic E-state index is 5.57. The molecule has 0 bridgehead atoms. The summed E-state index contributed by atoms with van der Waals surface area (Å²) in [5, 5.41) is 7.17. The second-order valence-electron chi connectivity index (χ2n) is 7.90. The maximum Gasteiger partial charge on any atom is 0.191 e. The van der Waals surface area contributed by atoms with E-state index in [4.69, 9.17) is 9.47 Å². The Bertz CT molecular complexity index is 664. The third-order valence-electron chi connectivity index (χ3n) is 6.14. The van der Waals surface area contributed by atoms with Crippen molar-refractivity contribution < 1.29 is 9.47 Å². The van der Waals surface area contributed by atoms with E-state index >= 15 is 0 Å². The van der Waals surface area contributed by atoms with Gasteiger partial charge in [0.05, 0.1) is 12.8 Å². The average Bonchev–Trinajstić information content (AvgIpc) is 3.20. The van der Waals surface area contributed by atoms with Gasteiger partial charge >= 0.3 is 0 Å². The molecule has 2 heterocycles. The van der Waals surface area contributed by atoms with Crippen molar-refractivity contribution in [2.75, 3.05) is 66.0 Å². The Kier molecular flexibility index (Phi) is 9.29. The molecule has 8 heteroatoms. The smallest absolute Gasteiger partial charge is 0.191 e. The molecule has 1 unspecified atom stereocenters. The predicted molar refractivity (Wildman–Crippen MR) is 130 cm³/mol. The second kappa shape index (κ2) is 11.2. The van der Waals surface area contributed by atoms with E-state index in [1.807, 2.05) is 19.2 Å². The maximum absolute atomic E-state index is 5.57. The number of aliphatic imine (C=N–C) groups is 1. The van der Waals surface area contributed by atoms with E-state index in [9.17, 15) is 0 Å². The molecule has 2 N–H and O–H groups in total. The molecule has 2 aliphatic rings. The minimum absolute atomic E-state index is 0. The number of halogens is 1. The largest absolute Gasteiger partial charge is 0.495 e. The van der Waals surface area contributed by atoms with Crippen molar-refractivity contribution in [3.63, 3.8) is 0 Å². The van der Waals surface area contributed by atoms with Crippen LogP contribution in [0.5, 0.6) is 5.75 Å². The lowest BCUT2D eigenvalue weighted by Gasteiger charge is -2.43. The number of benzene rings is 1. The van der Waals surface area contributed by atoms with Crippen molar-refractivity contribution in [1.82, 2.24) is 15.5 Å². The van der Waals surface area contributed by atoms with Gasteiger partial charge in [-0.3, -0.25) is 4.99 Å². The fourth-order valence-electron chi connectivity index (χ4n) is 4.16. The van der Waals surface area contributed by atoms with Crippen LogP contribution in [0.15, 0.2) is 29.3 Å². The summed E-state index contributed by atoms with van der Waals surface area (Å²) in [5.74, 6) is 1.80. The fraction of sp³-hybridized carbons (Fsp3) is 0.667. The Morgan fingerprint density at radius 3 is 2.69 bits per heavy atom. The van der Waals surface area contributed by atoms with Crippen LogP contribution in [-0.2, 0) is 4.74 Å². The Morgan fingerprint density at radius 1 is 1.31 bits per heavy atom. The van der Waals surface area contributed by atoms with Gasteiger partial charge in [0.1, 0.15) is 5.75 Å². The van der Waals surface area contributed by atoms with Crippen LogP contribution in [0.2, 0.25) is 0 Å². The molecule has 0 amide bonds. The molecule has 3 rings (SSSR count). The molecule has 0 aliphatic carbocycles. The summed E-state index contributed by atoms with van der Waals surface area (Å²) >= 11 is 0. The van der Waals surface area contributed by atoms with E-state index in [0.717, 1.165) is 69.5 Å². The number of nitrogens with zero attached hydrogens (tertiary/aromatic N) is 3. The lowest BCUT2D eigenvalue weighted by molar-refractivity contribution is -0.00502. The average molecular weight is 517 g/mol. The molecule has 1 atom stereocenters. The van der Waals surface area contributed by atoms with E-state index in [2.05, 4.69) is 51.7 Å². The van der Waals surface area contributed by atoms with Crippen LogP contribution < -0.4 is 20.3 Å². The fourth-order valence-corrected chi connectivity index (χ4v) is 4.16. The van der Waals surface area contributed by atoms with E-state index in [0.29, 0.717) is 6.04 Å². The second-order valence-corrected chi connectivity index (χ2v) is 7.90. The number of likely N-dealkylation sites (N-methyl/N-ethyl adjacent to an activating group) is 1. The zero-order valence-corrected chi connectivity index (χ0v) is 20.4. The van der Waals surface area contributed by atoms with Gasteiger partial charge in [-0.15, -0.1) is 24.0 Å². The summed E-state index contributed by atoms with van der Waals surface area (Å²) in [5.41, 5.74) is 1.28. The first-order chi connectivity index (χ1) is 13.6. The standard InChI is InChI=1S/C21H35N5O2.HI/c1-22-20(23-16-21(25(2)3)10-13-28-14-11-21)24-17-9-12-26(15-17)18-7-5-6-8-19(18)27-4;/h5-8,17H,9-16H2,1-4H3,(H2,22,23,24);1H. The van der Waals surface area contributed by atoms with Crippen LogP contribution in [-0.4, -0.2) is 83.5 Å². The Balaban J connectivity index is 0.00000300. The summed E-state index contributed by atoms with van der Waals surface area (Å²) in [4.78, 5) is 9.17. The molecule has 164 valence electrons. The van der Waals surface area contributed by atoms with Crippen molar-refractivity contribution in [1.29, 1.82) is 0 Å². The third kappa shape index (κ3) is 5.88. The van der Waals surface area contributed by atoms with Crippen LogP contribution in [0.25, 0.3) is 0 Å². The van der Waals surface area contributed by atoms with Crippen molar-refractivity contribution in [2.45, 2.75) is 30.8 Å². The topological polar surface area (TPSA) is 61.4 Å². The Morgan fingerprint density at radius 2 is 2.03 bits per heavy atom. The lowest BCUT2D eigenvalue weighted by Crippen LogP contribution is -2.57. The summed E-state index contributed by atoms with van der Waals surface area (Å²) in [6.07, 6.45) is 3.15. The van der Waals surface area contributed by atoms with Gasteiger partial charge in [-0.2, -0.15) is 0 Å². The lowest BCUT2D eigenvalue weighted by atomic mass is 9.88. The van der Waals surface area contributed by atoms with E-state index in [-0.39, 0.29) is 29.5 Å². The molecule has 0 radical (unpaired) electrons. The normalized spacial score (nSPS) is 21.6. The third-order valence-corrected chi connectivity index (χ3v) is 6.14. The molecule has 0 saturated carbocycles. The van der Waals surface area contributed by atoms with E-state index < -0.39 is 0 Å². The van der Waals surface area contributed by atoms with Gasteiger partial charge in [0, 0.05) is 51.5 Å². The number of hydrogen-bond donors (Lipinski definition) is 2. The summed E-state index contributed by atoms with van der Waals surface area (Å²) < 4.78 is 11.1. The predicted octanol–water partition coefficient (Wildman–Crippen LogP) is 2.17. The first-order valence-electron chi connectivity index (χ1n) is 10.2. The van der Waals surface area contributed by atoms with E-state index in [1.165, 1.54) is 0 Å². The number of para-hydroxylation sites is 2. The molecule has 1 aromatic rings. The summed E-state index contributed by atoms with van der Waals surface area (Å²) in [6, 6.07) is 8.58. The van der Waals surface area contributed by atoms with Crippen LogP contribution in [0.3, 0.4) is 0 Å². The SMILES string of the molecule is CN=C(NCC1(N(C)C)CCOCC1)NC1CCN(c2ccccc2OC)C1.I. The molecule has 7 nitrogen and oxygen atoms in total. The zero-order chi connectivity index (χ0) is 20.0. The van der Waals surface area contributed by atoms with Crippen LogP contribution in [0, 0.1) is 0 Å². The van der Waals surface area contributed by atoms with Gasteiger partial charge in [0.15, 0.2) is 5.96 Å². The molecule has 0 spiro atoms. The number of nitrogens with one attached hydrogen (secondary N) is 2. The number of ether oxygens (including phenoxy) is 2. The highest BCUT2D eigenvalue weighted by molar-refractivity contribution is 14.0. The molecule has 2 aliphatic heterocycles. The first kappa shape index (κ1) is 24.0. The molecular weight excluding hydrogens is 481 g/mol. The molecule has 1 aromatic carbocycles. The molecule has 0 aromatic heterocycles. The van der Waals surface area contributed by atoms with Crippen molar-refractivity contribution >= 4 is 35.6 Å². The van der Waals surface area contributed by atoms with Crippen LogP contribution in [0.4, 0.5) is 5.69 Å². The highest BCUT2D eigenvalue weighted by atomic mass is 127. The molecule has 29 heavy (non-hydrogen) atoms. The monoisotopic (exact) mass is 517 g/mol. The quantitative estimate of drug-likeness (QED) is 0.343. The highest BCUT2D eigenvalue weighted by Gasteiger charge is 2.35. The number of rotatable bonds is 6. The van der Waals surface area contributed by atoms with Gasteiger partial charge in [0.2, 0.25) is 0 Å². The molecule has 2 saturated heterocycles. The number of guanidine groups is 1. The van der Waals surface area contributed by atoms with Gasteiger partial charge in [-0.1, -0.05) is 12.1 Å². The van der Waals surface area contributed by atoms with Gasteiger partial charge in [0.25, 0.3) is 0 Å². The zero-order valence-electron chi connectivity index (χ0n) is 18.1. The van der Waals surface area contributed by atoms with Gasteiger partial charge in [-0.05, 0) is 45.5 Å². The van der Waals surface area contributed by atoms with E-state index in [1.54, 1.807) is 7.11 Å². The van der Waals surface area contributed by atoms with Crippen LogP contribution >= 0.6 is 24.0 Å². The highest BCUT2D eigenvalue weighted by Crippen LogP contribution is 2.30. The Hall–Kier alpha value is -1.26. The number of anilines is 1. The minimum Gasteiger partial charge on any atom is -0.495 e. The van der Waals surface area contributed by atoms with Gasteiger partial charge < -0.3 is 29.9 Å². The molecule has 2 fully saturated rings. The van der Waals surface area contributed by atoms with Crippen LogP contribution in [0.1, 0.15) is 19.3 Å². The van der Waals surface area contributed by atoms with Crippen molar-refractivity contribution in [3.8, 4) is 5.75 Å². The number of hydrogen-bond acceptors (Lipinski definition) is 5. The van der Waals surface area contributed by atoms with Gasteiger partial charge in [-0.25, -0.2) is 0 Å². The summed E-state index contributed by atoms with van der Waals surface area (Å²) in [6.45, 7) is 4.46. The Labute approximate surface area is 192 Å². The van der Waals surface area contributed by atoms with Crippen molar-refractivity contribution in [2.24, 2.45) is 4.99 Å². The molecular formula is C21H36IN5O2. The summed E-state index contributed by atoms with van der Waals surface area (Å²) in [7, 11) is 7.89. The first-order valence-corrected chi connectivity index (χ1v) is 10.2. The minimum atomic E-state index is 0. The number of methoxy groups -OCH3 is 1.